The molecule has 23 heavy (non-hydrogen) atoms. The fourth-order valence-corrected chi connectivity index (χ4v) is 3.01. The normalized spacial score (nSPS) is 12.5. The van der Waals surface area contributed by atoms with E-state index in [9.17, 15) is 0 Å². The minimum absolute atomic E-state index is 0.990. The molecule has 0 atom stereocenters. The average Bonchev–Trinajstić information content (AvgIpc) is 3.09. The molecule has 0 saturated carbocycles. The zero-order valence-corrected chi connectivity index (χ0v) is 14.6. The summed E-state index contributed by atoms with van der Waals surface area (Å²) in [6.07, 6.45) is 18.9. The third kappa shape index (κ3) is 7.25. The highest BCUT2D eigenvalue weighted by molar-refractivity contribution is 7.10. The Kier molecular flexibility index (Phi) is 8.14. The van der Waals surface area contributed by atoms with Crippen LogP contribution in [0.5, 0.6) is 0 Å². The molecular formula is C21H25NS. The quantitative estimate of drug-likeness (QED) is 0.366. The van der Waals surface area contributed by atoms with Crippen molar-refractivity contribution in [3.05, 3.63) is 76.3 Å². The van der Waals surface area contributed by atoms with E-state index in [1.54, 1.807) is 11.3 Å². The summed E-state index contributed by atoms with van der Waals surface area (Å²) in [7, 11) is 0. The highest BCUT2D eigenvalue weighted by Gasteiger charge is 1.96. The lowest BCUT2D eigenvalue weighted by Gasteiger charge is -2.02. The van der Waals surface area contributed by atoms with Gasteiger partial charge in [-0.05, 0) is 54.1 Å². The van der Waals surface area contributed by atoms with Gasteiger partial charge in [0.15, 0.2) is 0 Å². The Balaban J connectivity index is 1.96. The summed E-state index contributed by atoms with van der Waals surface area (Å²) >= 11 is 1.79. The number of hydrogen-bond donors (Lipinski definition) is 0. The van der Waals surface area contributed by atoms with Crippen molar-refractivity contribution in [1.29, 1.82) is 0 Å². The van der Waals surface area contributed by atoms with Crippen molar-refractivity contribution in [2.45, 2.75) is 39.0 Å². The van der Waals surface area contributed by atoms with Crippen LogP contribution in [0.25, 0.3) is 12.2 Å². The molecule has 0 aliphatic carbocycles. The SMILES string of the molecule is CCCCCCC(/C=C/C=C/c1ccccn1)=C\c1cccs1. The van der Waals surface area contributed by atoms with Crippen LogP contribution in [0, 0.1) is 0 Å². The van der Waals surface area contributed by atoms with E-state index in [1.165, 1.54) is 36.1 Å². The van der Waals surface area contributed by atoms with Gasteiger partial charge >= 0.3 is 0 Å². The van der Waals surface area contributed by atoms with Gasteiger partial charge in [0.1, 0.15) is 0 Å². The number of thiophene rings is 1. The first-order valence-corrected chi connectivity index (χ1v) is 9.26. The smallest absolute Gasteiger partial charge is 0.0629 e. The summed E-state index contributed by atoms with van der Waals surface area (Å²) in [5, 5.41) is 2.13. The van der Waals surface area contributed by atoms with Crippen molar-refractivity contribution >= 4 is 23.5 Å². The van der Waals surface area contributed by atoms with E-state index in [4.69, 9.17) is 0 Å². The molecule has 0 aliphatic rings. The third-order valence-electron chi connectivity index (χ3n) is 3.57. The second-order valence-corrected chi connectivity index (χ2v) is 6.50. The minimum Gasteiger partial charge on any atom is -0.257 e. The number of nitrogens with zero attached hydrogens (tertiary/aromatic N) is 1. The Morgan fingerprint density at radius 2 is 2.04 bits per heavy atom. The van der Waals surface area contributed by atoms with E-state index >= 15 is 0 Å². The van der Waals surface area contributed by atoms with Crippen LogP contribution < -0.4 is 0 Å². The predicted molar refractivity (Wildman–Crippen MR) is 103 cm³/mol. The molecule has 0 aromatic carbocycles. The molecular weight excluding hydrogens is 298 g/mol. The number of aromatic nitrogens is 1. The molecule has 0 spiro atoms. The molecule has 2 aromatic heterocycles. The van der Waals surface area contributed by atoms with Crippen LogP contribution in [0.4, 0.5) is 0 Å². The van der Waals surface area contributed by atoms with E-state index in [0.29, 0.717) is 0 Å². The highest BCUT2D eigenvalue weighted by atomic mass is 32.1. The Hall–Kier alpha value is -1.93. The van der Waals surface area contributed by atoms with E-state index in [1.807, 2.05) is 30.5 Å². The molecule has 2 heterocycles. The lowest BCUT2D eigenvalue weighted by Crippen LogP contribution is -1.81. The van der Waals surface area contributed by atoms with E-state index in [0.717, 1.165) is 12.1 Å². The first-order valence-electron chi connectivity index (χ1n) is 8.38. The fraction of sp³-hybridized carbons (Fsp3) is 0.286. The minimum atomic E-state index is 0.990. The number of allylic oxidation sites excluding steroid dienone is 4. The summed E-state index contributed by atoms with van der Waals surface area (Å²) in [6, 6.07) is 10.2. The van der Waals surface area contributed by atoms with Gasteiger partial charge in [-0.25, -0.2) is 0 Å². The summed E-state index contributed by atoms with van der Waals surface area (Å²) in [5.74, 6) is 0. The van der Waals surface area contributed by atoms with Crippen LogP contribution in [-0.4, -0.2) is 4.98 Å². The monoisotopic (exact) mass is 323 g/mol. The number of pyridine rings is 1. The molecule has 2 rings (SSSR count). The molecule has 0 N–H and O–H groups in total. The number of rotatable bonds is 9. The third-order valence-corrected chi connectivity index (χ3v) is 4.39. The Bertz CT molecular complexity index is 621. The van der Waals surface area contributed by atoms with Crippen LogP contribution in [0.15, 0.2) is 65.7 Å². The predicted octanol–water partition coefficient (Wildman–Crippen LogP) is 6.77. The zero-order chi connectivity index (χ0) is 16.2. The average molecular weight is 324 g/mol. The molecule has 120 valence electrons. The first kappa shape index (κ1) is 17.4. The van der Waals surface area contributed by atoms with Gasteiger partial charge in [0.05, 0.1) is 5.69 Å². The molecule has 0 radical (unpaired) electrons. The molecule has 1 nitrogen and oxygen atoms in total. The van der Waals surface area contributed by atoms with Gasteiger partial charge in [-0.1, -0.05) is 56.5 Å². The van der Waals surface area contributed by atoms with Crippen molar-refractivity contribution < 1.29 is 0 Å². The van der Waals surface area contributed by atoms with Crippen LogP contribution in [-0.2, 0) is 0 Å². The van der Waals surface area contributed by atoms with Gasteiger partial charge in [-0.2, -0.15) is 0 Å². The largest absolute Gasteiger partial charge is 0.257 e. The Morgan fingerprint density at radius 3 is 2.78 bits per heavy atom. The summed E-state index contributed by atoms with van der Waals surface area (Å²) in [4.78, 5) is 5.62. The lowest BCUT2D eigenvalue weighted by molar-refractivity contribution is 0.669. The summed E-state index contributed by atoms with van der Waals surface area (Å²) in [5.41, 5.74) is 2.39. The lowest BCUT2D eigenvalue weighted by atomic mass is 10.1. The van der Waals surface area contributed by atoms with Gasteiger partial charge in [0.25, 0.3) is 0 Å². The highest BCUT2D eigenvalue weighted by Crippen LogP contribution is 2.19. The van der Waals surface area contributed by atoms with E-state index in [2.05, 4.69) is 53.7 Å². The van der Waals surface area contributed by atoms with E-state index in [-0.39, 0.29) is 0 Å². The number of unbranched alkanes of at least 4 members (excludes halogenated alkanes) is 3. The standard InChI is InChI=1S/C21H25NS/c1-2-3-4-5-11-19(18-21-15-10-17-23-21)12-6-7-13-20-14-8-9-16-22-20/h6-10,12-18H,2-5,11H2,1H3/b12-6+,13-7+,19-18+. The summed E-state index contributed by atoms with van der Waals surface area (Å²) < 4.78 is 0. The zero-order valence-electron chi connectivity index (χ0n) is 13.8. The fourth-order valence-electron chi connectivity index (χ4n) is 2.32. The Labute approximate surface area is 144 Å². The van der Waals surface area contributed by atoms with Crippen molar-refractivity contribution in [1.82, 2.24) is 4.98 Å². The van der Waals surface area contributed by atoms with E-state index < -0.39 is 0 Å². The maximum atomic E-state index is 4.29. The molecule has 0 saturated heterocycles. The van der Waals surface area contributed by atoms with Crippen molar-refractivity contribution in [3.63, 3.8) is 0 Å². The first-order chi connectivity index (χ1) is 11.4. The van der Waals surface area contributed by atoms with Gasteiger partial charge in [-0.3, -0.25) is 4.98 Å². The van der Waals surface area contributed by atoms with Crippen LogP contribution in [0.2, 0.25) is 0 Å². The molecule has 2 aromatic rings. The second-order valence-electron chi connectivity index (χ2n) is 5.52. The second kappa shape index (κ2) is 10.7. The molecule has 0 aliphatic heterocycles. The molecule has 0 fully saturated rings. The topological polar surface area (TPSA) is 12.9 Å². The van der Waals surface area contributed by atoms with Crippen LogP contribution >= 0.6 is 11.3 Å². The Morgan fingerprint density at radius 1 is 1.09 bits per heavy atom. The maximum Gasteiger partial charge on any atom is 0.0629 e. The molecule has 0 amide bonds. The van der Waals surface area contributed by atoms with Crippen molar-refractivity contribution in [3.8, 4) is 0 Å². The maximum absolute atomic E-state index is 4.29. The van der Waals surface area contributed by atoms with Crippen LogP contribution in [0.3, 0.4) is 0 Å². The van der Waals surface area contributed by atoms with Gasteiger partial charge in [-0.15, -0.1) is 11.3 Å². The summed E-state index contributed by atoms with van der Waals surface area (Å²) in [6.45, 7) is 2.25. The van der Waals surface area contributed by atoms with Gasteiger partial charge < -0.3 is 0 Å². The van der Waals surface area contributed by atoms with Crippen molar-refractivity contribution in [2.24, 2.45) is 0 Å². The molecule has 2 heteroatoms. The van der Waals surface area contributed by atoms with Gasteiger partial charge in [0, 0.05) is 11.1 Å². The van der Waals surface area contributed by atoms with Crippen LogP contribution in [0.1, 0.15) is 49.6 Å². The molecule has 0 bridgehead atoms. The van der Waals surface area contributed by atoms with Gasteiger partial charge in [0.2, 0.25) is 0 Å². The molecule has 0 unspecified atom stereocenters. The van der Waals surface area contributed by atoms with Crippen molar-refractivity contribution in [2.75, 3.05) is 0 Å². The number of hydrogen-bond acceptors (Lipinski definition) is 2.